The first-order valence-corrected chi connectivity index (χ1v) is 12.2. The molecule has 2 amide bonds. The zero-order valence-corrected chi connectivity index (χ0v) is 19.7. The first-order valence-electron chi connectivity index (χ1n) is 10.8. The zero-order valence-electron chi connectivity index (χ0n) is 18.8. The summed E-state index contributed by atoms with van der Waals surface area (Å²) in [6.07, 6.45) is 0.855. The van der Waals surface area contributed by atoms with Crippen LogP contribution in [-0.4, -0.2) is 79.4 Å². The Bertz CT molecular complexity index is 892. The van der Waals surface area contributed by atoms with Gasteiger partial charge in [0.1, 0.15) is 5.60 Å². The molecule has 0 unspecified atom stereocenters. The van der Waals surface area contributed by atoms with E-state index in [2.05, 4.69) is 0 Å². The van der Waals surface area contributed by atoms with Crippen molar-refractivity contribution in [2.24, 2.45) is 5.92 Å². The molecule has 0 N–H and O–H groups in total. The smallest absolute Gasteiger partial charge is 0.410 e. The van der Waals surface area contributed by atoms with Gasteiger partial charge in [0.15, 0.2) is 0 Å². The molecule has 0 spiro atoms. The molecule has 0 aliphatic carbocycles. The predicted molar refractivity (Wildman–Crippen MR) is 117 cm³/mol. The number of piperidine rings is 1. The van der Waals surface area contributed by atoms with Crippen molar-refractivity contribution >= 4 is 22.0 Å². The number of ether oxygens (including phenoxy) is 1. The number of piperazine rings is 1. The molecule has 1 aromatic rings. The number of benzene rings is 1. The summed E-state index contributed by atoms with van der Waals surface area (Å²) >= 11 is 0. The van der Waals surface area contributed by atoms with Crippen molar-refractivity contribution < 1.29 is 22.7 Å². The van der Waals surface area contributed by atoms with E-state index in [9.17, 15) is 18.0 Å². The molecule has 1 aromatic carbocycles. The van der Waals surface area contributed by atoms with E-state index >= 15 is 0 Å². The molecule has 31 heavy (non-hydrogen) atoms. The van der Waals surface area contributed by atoms with E-state index in [1.54, 1.807) is 34.1 Å². The van der Waals surface area contributed by atoms with Crippen LogP contribution in [0, 0.1) is 12.8 Å². The molecule has 2 heterocycles. The van der Waals surface area contributed by atoms with Crippen molar-refractivity contribution in [1.29, 1.82) is 0 Å². The summed E-state index contributed by atoms with van der Waals surface area (Å²) in [5.74, 6) is -0.0878. The zero-order chi connectivity index (χ0) is 22.8. The summed E-state index contributed by atoms with van der Waals surface area (Å²) in [7, 11) is -3.55. The molecule has 2 aliphatic rings. The Hall–Kier alpha value is -2.13. The Balaban J connectivity index is 1.51. The minimum Gasteiger partial charge on any atom is -0.444 e. The largest absolute Gasteiger partial charge is 0.444 e. The lowest BCUT2D eigenvalue weighted by molar-refractivity contribution is -0.138. The average Bonchev–Trinajstić information content (AvgIpc) is 2.72. The number of carbonyl (C=O) groups is 2. The van der Waals surface area contributed by atoms with Crippen molar-refractivity contribution in [3.05, 3.63) is 29.8 Å². The maximum atomic E-state index is 12.9. The second-order valence-electron chi connectivity index (χ2n) is 9.28. The van der Waals surface area contributed by atoms with Crippen LogP contribution < -0.4 is 0 Å². The molecule has 0 bridgehead atoms. The number of carbonyl (C=O) groups excluding carboxylic acids is 2. The van der Waals surface area contributed by atoms with Gasteiger partial charge in [0.2, 0.25) is 15.9 Å². The summed E-state index contributed by atoms with van der Waals surface area (Å²) < 4.78 is 32.6. The van der Waals surface area contributed by atoms with Gasteiger partial charge in [-0.05, 0) is 52.7 Å². The third-order valence-corrected chi connectivity index (χ3v) is 7.62. The molecule has 172 valence electrons. The summed E-state index contributed by atoms with van der Waals surface area (Å²) in [4.78, 5) is 28.8. The first kappa shape index (κ1) is 23.5. The van der Waals surface area contributed by atoms with Gasteiger partial charge in [-0.1, -0.05) is 17.7 Å². The highest BCUT2D eigenvalue weighted by Gasteiger charge is 2.35. The minimum atomic E-state index is -3.55. The van der Waals surface area contributed by atoms with E-state index in [0.717, 1.165) is 5.56 Å². The third kappa shape index (κ3) is 5.77. The Labute approximate surface area is 185 Å². The van der Waals surface area contributed by atoms with Crippen LogP contribution in [0.15, 0.2) is 29.2 Å². The molecule has 9 heteroatoms. The van der Waals surface area contributed by atoms with Gasteiger partial charge in [0, 0.05) is 45.2 Å². The lowest BCUT2D eigenvalue weighted by Gasteiger charge is -2.38. The number of nitrogens with zero attached hydrogens (tertiary/aromatic N) is 3. The molecule has 2 aliphatic heterocycles. The summed E-state index contributed by atoms with van der Waals surface area (Å²) in [5.41, 5.74) is 0.467. The predicted octanol–water partition coefficient (Wildman–Crippen LogP) is 2.48. The van der Waals surface area contributed by atoms with Crippen LogP contribution >= 0.6 is 0 Å². The highest BCUT2D eigenvalue weighted by atomic mass is 32.2. The van der Waals surface area contributed by atoms with Gasteiger partial charge in [0.25, 0.3) is 0 Å². The van der Waals surface area contributed by atoms with Crippen LogP contribution in [0.5, 0.6) is 0 Å². The Kier molecular flexibility index (Phi) is 6.95. The lowest BCUT2D eigenvalue weighted by atomic mass is 9.95. The summed E-state index contributed by atoms with van der Waals surface area (Å²) in [6, 6.07) is 6.83. The van der Waals surface area contributed by atoms with Gasteiger partial charge in [-0.15, -0.1) is 0 Å². The quantitative estimate of drug-likeness (QED) is 0.705. The van der Waals surface area contributed by atoms with E-state index in [1.165, 1.54) is 4.31 Å². The number of likely N-dealkylation sites (tertiary alicyclic amines) is 1. The van der Waals surface area contributed by atoms with Gasteiger partial charge in [-0.3, -0.25) is 4.79 Å². The average molecular weight is 452 g/mol. The van der Waals surface area contributed by atoms with Crippen LogP contribution in [0.2, 0.25) is 0 Å². The highest BCUT2D eigenvalue weighted by molar-refractivity contribution is 7.89. The molecule has 0 saturated carbocycles. The fourth-order valence-electron chi connectivity index (χ4n) is 3.90. The topological polar surface area (TPSA) is 87.2 Å². The monoisotopic (exact) mass is 451 g/mol. The van der Waals surface area contributed by atoms with Gasteiger partial charge < -0.3 is 14.5 Å². The van der Waals surface area contributed by atoms with Gasteiger partial charge >= 0.3 is 6.09 Å². The van der Waals surface area contributed by atoms with Crippen molar-refractivity contribution in [1.82, 2.24) is 14.1 Å². The molecular formula is C22H33N3O5S. The Morgan fingerprint density at radius 3 is 1.97 bits per heavy atom. The molecule has 2 saturated heterocycles. The van der Waals surface area contributed by atoms with E-state index in [-0.39, 0.29) is 22.8 Å². The maximum Gasteiger partial charge on any atom is 0.410 e. The van der Waals surface area contributed by atoms with E-state index in [0.29, 0.717) is 52.1 Å². The molecule has 0 radical (unpaired) electrons. The fourth-order valence-corrected chi connectivity index (χ4v) is 5.32. The normalized spacial score (nSPS) is 19.4. The standard InChI is InChI=1S/C22H33N3O5S/c1-17-5-7-19(8-6-17)31(28,29)25-15-13-23(14-16-25)20(26)18-9-11-24(12-10-18)21(27)30-22(2,3)4/h5-8,18H,9-16H2,1-4H3. The van der Waals surface area contributed by atoms with E-state index in [4.69, 9.17) is 4.74 Å². The van der Waals surface area contributed by atoms with E-state index < -0.39 is 15.6 Å². The van der Waals surface area contributed by atoms with Crippen molar-refractivity contribution in [3.8, 4) is 0 Å². The van der Waals surface area contributed by atoms with E-state index in [1.807, 2.05) is 27.7 Å². The summed E-state index contributed by atoms with van der Waals surface area (Å²) in [6.45, 7) is 9.75. The van der Waals surface area contributed by atoms with Crippen LogP contribution in [-0.2, 0) is 19.6 Å². The van der Waals surface area contributed by atoms with Gasteiger partial charge in [-0.2, -0.15) is 4.31 Å². The minimum absolute atomic E-state index is 0.0521. The Morgan fingerprint density at radius 1 is 0.903 bits per heavy atom. The first-order chi connectivity index (χ1) is 14.5. The molecule has 0 aromatic heterocycles. The Morgan fingerprint density at radius 2 is 1.45 bits per heavy atom. The molecule has 0 atom stereocenters. The molecule has 2 fully saturated rings. The molecular weight excluding hydrogens is 418 g/mol. The number of aryl methyl sites for hydroxylation is 1. The highest BCUT2D eigenvalue weighted by Crippen LogP contribution is 2.24. The van der Waals surface area contributed by atoms with Crippen LogP contribution in [0.3, 0.4) is 0 Å². The van der Waals surface area contributed by atoms with Crippen molar-refractivity contribution in [3.63, 3.8) is 0 Å². The number of amides is 2. The SMILES string of the molecule is Cc1ccc(S(=O)(=O)N2CCN(C(=O)C3CCN(C(=O)OC(C)(C)C)CC3)CC2)cc1. The van der Waals surface area contributed by atoms with Crippen LogP contribution in [0.25, 0.3) is 0 Å². The van der Waals surface area contributed by atoms with Crippen LogP contribution in [0.4, 0.5) is 4.79 Å². The van der Waals surface area contributed by atoms with Gasteiger partial charge in [-0.25, -0.2) is 13.2 Å². The van der Waals surface area contributed by atoms with Crippen LogP contribution in [0.1, 0.15) is 39.2 Å². The number of rotatable bonds is 3. The van der Waals surface area contributed by atoms with Crippen molar-refractivity contribution in [2.75, 3.05) is 39.3 Å². The second kappa shape index (κ2) is 9.16. The maximum absolute atomic E-state index is 12.9. The summed E-state index contributed by atoms with van der Waals surface area (Å²) in [5, 5.41) is 0. The van der Waals surface area contributed by atoms with Gasteiger partial charge in [0.05, 0.1) is 4.90 Å². The molecule has 8 nitrogen and oxygen atoms in total. The number of sulfonamides is 1. The third-order valence-electron chi connectivity index (χ3n) is 5.70. The number of hydrogen-bond donors (Lipinski definition) is 0. The second-order valence-corrected chi connectivity index (χ2v) is 11.2. The number of hydrogen-bond acceptors (Lipinski definition) is 5. The van der Waals surface area contributed by atoms with Crippen molar-refractivity contribution in [2.45, 2.75) is 51.0 Å². The molecule has 3 rings (SSSR count). The fraction of sp³-hybridized carbons (Fsp3) is 0.636. The lowest BCUT2D eigenvalue weighted by Crippen LogP contribution is -2.53.